The standard InChI is InChI=1S/C14H25BO3.C13H23BO3/c1-12(2)7-13(3,4)14(8-16-5)10(17-6)9(12)11(15)18-14;1-11(2)8-9(16-6)13(7-15-5,12(11,3)4)17-10(8)14/h9-11H,7-8H2,1-6H3;8-10H,7H2,1-6H3. The van der Waals surface area contributed by atoms with E-state index in [0.717, 1.165) is 6.42 Å². The van der Waals surface area contributed by atoms with E-state index in [2.05, 4.69) is 55.4 Å². The normalized spacial score (nSPS) is 45.7. The molecule has 4 bridgehead atoms. The molecule has 4 rings (SSSR count). The molecular weight excluding hydrogens is 442 g/mol. The first-order valence-corrected chi connectivity index (χ1v) is 12.9. The Morgan fingerprint density at radius 2 is 1.11 bits per heavy atom. The maximum absolute atomic E-state index is 6.24. The molecule has 0 N–H and O–H groups in total. The predicted molar refractivity (Wildman–Crippen MR) is 139 cm³/mol. The molecule has 0 spiro atoms. The lowest BCUT2D eigenvalue weighted by Crippen LogP contribution is -2.62. The zero-order valence-electron chi connectivity index (χ0n) is 24.2. The van der Waals surface area contributed by atoms with Crippen LogP contribution in [0.25, 0.3) is 0 Å². The summed E-state index contributed by atoms with van der Waals surface area (Å²) in [5.41, 5.74) is -0.781. The van der Waals surface area contributed by atoms with Crippen LogP contribution in [0.5, 0.6) is 0 Å². The molecule has 2 aliphatic heterocycles. The fraction of sp³-hybridized carbons (Fsp3) is 1.00. The van der Waals surface area contributed by atoms with Crippen molar-refractivity contribution >= 4 is 15.7 Å². The molecule has 0 amide bonds. The van der Waals surface area contributed by atoms with Crippen LogP contribution in [-0.2, 0) is 28.4 Å². The van der Waals surface area contributed by atoms with Crippen LogP contribution in [0, 0.1) is 33.5 Å². The second-order valence-electron chi connectivity index (χ2n) is 13.6. The van der Waals surface area contributed by atoms with Crippen molar-refractivity contribution in [2.24, 2.45) is 33.5 Å². The third-order valence-corrected chi connectivity index (χ3v) is 10.6. The summed E-state index contributed by atoms with van der Waals surface area (Å²) in [5.74, 6) is 0.420. The fourth-order valence-corrected chi connectivity index (χ4v) is 8.46. The minimum Gasteiger partial charge on any atom is -0.382 e. The van der Waals surface area contributed by atoms with Gasteiger partial charge in [-0.2, -0.15) is 0 Å². The molecule has 4 aliphatic rings. The Hall–Kier alpha value is -0.110. The molecule has 35 heavy (non-hydrogen) atoms. The van der Waals surface area contributed by atoms with Crippen molar-refractivity contribution in [3.8, 4) is 0 Å². The molecule has 198 valence electrons. The van der Waals surface area contributed by atoms with Crippen molar-refractivity contribution in [3.05, 3.63) is 0 Å². The lowest BCUT2D eigenvalue weighted by Gasteiger charge is -2.55. The summed E-state index contributed by atoms with van der Waals surface area (Å²) in [6, 6.07) is -0.542. The molecule has 2 saturated carbocycles. The van der Waals surface area contributed by atoms with Gasteiger partial charge in [0.1, 0.15) is 26.9 Å². The molecule has 0 aromatic rings. The van der Waals surface area contributed by atoms with E-state index in [1.807, 2.05) is 0 Å². The van der Waals surface area contributed by atoms with Gasteiger partial charge < -0.3 is 28.4 Å². The van der Waals surface area contributed by atoms with Gasteiger partial charge in [-0.25, -0.2) is 0 Å². The topological polar surface area (TPSA) is 55.4 Å². The molecule has 2 aliphatic carbocycles. The summed E-state index contributed by atoms with van der Waals surface area (Å²) in [7, 11) is 19.3. The number of rotatable bonds is 6. The van der Waals surface area contributed by atoms with E-state index in [-0.39, 0.29) is 57.7 Å². The van der Waals surface area contributed by atoms with Crippen LogP contribution in [0.1, 0.15) is 61.8 Å². The highest BCUT2D eigenvalue weighted by atomic mass is 16.6. The van der Waals surface area contributed by atoms with Gasteiger partial charge in [-0.1, -0.05) is 55.4 Å². The molecule has 0 aromatic heterocycles. The predicted octanol–water partition coefficient (Wildman–Crippen LogP) is 3.58. The van der Waals surface area contributed by atoms with Crippen LogP contribution in [0.15, 0.2) is 0 Å². The maximum Gasteiger partial charge on any atom is 0.123 e. The number of hydrogen-bond donors (Lipinski definition) is 0. The monoisotopic (exact) mass is 490 g/mol. The minimum atomic E-state index is -0.440. The van der Waals surface area contributed by atoms with E-state index in [1.54, 1.807) is 28.4 Å². The molecule has 4 fully saturated rings. The Morgan fingerprint density at radius 3 is 1.60 bits per heavy atom. The molecule has 2 heterocycles. The van der Waals surface area contributed by atoms with E-state index >= 15 is 0 Å². The van der Waals surface area contributed by atoms with Crippen molar-refractivity contribution in [2.75, 3.05) is 41.7 Å². The maximum atomic E-state index is 6.24. The highest BCUT2D eigenvalue weighted by Gasteiger charge is 2.75. The first kappa shape index (κ1) is 29.4. The van der Waals surface area contributed by atoms with E-state index < -0.39 is 11.2 Å². The molecular formula is C27H48B2O6. The van der Waals surface area contributed by atoms with Crippen molar-refractivity contribution in [1.82, 2.24) is 0 Å². The second kappa shape index (κ2) is 9.27. The van der Waals surface area contributed by atoms with E-state index in [1.165, 1.54) is 0 Å². The van der Waals surface area contributed by atoms with Crippen LogP contribution in [0.3, 0.4) is 0 Å². The number of methoxy groups -OCH3 is 4. The lowest BCUT2D eigenvalue weighted by molar-refractivity contribution is -0.202. The summed E-state index contributed by atoms with van der Waals surface area (Å²) < 4.78 is 34.6. The SMILES string of the molecule is [B]C1OC2(COC)C(OC)C1C(C)(C)C2(C)C.[B]C1OC2(COC)C(OC)C1C(C)(C)CC2(C)C. The summed E-state index contributed by atoms with van der Waals surface area (Å²) in [6.45, 7) is 19.0. The Kier molecular flexibility index (Phi) is 7.80. The van der Waals surface area contributed by atoms with Gasteiger partial charge in [0.2, 0.25) is 0 Å². The molecule has 2 saturated heterocycles. The lowest BCUT2D eigenvalue weighted by atomic mass is 9.52. The van der Waals surface area contributed by atoms with Crippen molar-refractivity contribution in [2.45, 2.75) is 97.2 Å². The minimum absolute atomic E-state index is 0.00227. The van der Waals surface area contributed by atoms with Gasteiger partial charge >= 0.3 is 0 Å². The highest BCUT2D eigenvalue weighted by Crippen LogP contribution is 2.68. The Bertz CT molecular complexity index is 771. The van der Waals surface area contributed by atoms with Gasteiger partial charge in [0.25, 0.3) is 0 Å². The molecule has 0 aromatic carbocycles. The summed E-state index contributed by atoms with van der Waals surface area (Å²) in [4.78, 5) is 0. The zero-order valence-corrected chi connectivity index (χ0v) is 24.2. The van der Waals surface area contributed by atoms with E-state index in [4.69, 9.17) is 44.1 Å². The second-order valence-corrected chi connectivity index (χ2v) is 13.6. The van der Waals surface area contributed by atoms with Gasteiger partial charge in [0, 0.05) is 57.7 Å². The third-order valence-electron chi connectivity index (χ3n) is 10.6. The average Bonchev–Trinajstić information content (AvgIpc) is 3.22. The highest BCUT2D eigenvalue weighted by molar-refractivity contribution is 6.12. The van der Waals surface area contributed by atoms with Crippen molar-refractivity contribution < 1.29 is 28.4 Å². The van der Waals surface area contributed by atoms with Crippen molar-refractivity contribution in [1.29, 1.82) is 0 Å². The van der Waals surface area contributed by atoms with Gasteiger partial charge in [0.15, 0.2) is 0 Å². The Labute approximate surface area is 216 Å². The Morgan fingerprint density at radius 1 is 0.686 bits per heavy atom. The zero-order chi connectivity index (χ0) is 26.8. The largest absolute Gasteiger partial charge is 0.382 e. The van der Waals surface area contributed by atoms with Crippen LogP contribution in [0.4, 0.5) is 0 Å². The van der Waals surface area contributed by atoms with Gasteiger partial charge in [-0.15, -0.1) is 0 Å². The first-order chi connectivity index (χ1) is 16.0. The quantitative estimate of drug-likeness (QED) is 0.531. The number of fused-ring (bicyclic) bond motifs is 4. The van der Waals surface area contributed by atoms with Gasteiger partial charge in [-0.3, -0.25) is 0 Å². The van der Waals surface area contributed by atoms with Crippen LogP contribution >= 0.6 is 0 Å². The first-order valence-electron chi connectivity index (χ1n) is 12.9. The van der Waals surface area contributed by atoms with Gasteiger partial charge in [0.05, 0.1) is 25.4 Å². The summed E-state index contributed by atoms with van der Waals surface area (Å²) in [6.07, 6.45) is 1.05. The summed E-state index contributed by atoms with van der Waals surface area (Å²) >= 11 is 0. The molecule has 4 radical (unpaired) electrons. The summed E-state index contributed by atoms with van der Waals surface area (Å²) in [5, 5.41) is 0. The molecule has 8 heteroatoms. The van der Waals surface area contributed by atoms with Crippen LogP contribution < -0.4 is 0 Å². The van der Waals surface area contributed by atoms with E-state index in [0.29, 0.717) is 13.2 Å². The fourth-order valence-electron chi connectivity index (χ4n) is 8.46. The molecule has 8 atom stereocenters. The van der Waals surface area contributed by atoms with Gasteiger partial charge in [-0.05, 0) is 22.7 Å². The van der Waals surface area contributed by atoms with Crippen molar-refractivity contribution in [3.63, 3.8) is 0 Å². The number of hydrogen-bond acceptors (Lipinski definition) is 6. The number of ether oxygens (including phenoxy) is 6. The van der Waals surface area contributed by atoms with Crippen LogP contribution in [0.2, 0.25) is 0 Å². The molecule has 8 unspecified atom stereocenters. The molecule has 6 nitrogen and oxygen atoms in total. The third kappa shape index (κ3) is 3.83. The van der Waals surface area contributed by atoms with Crippen LogP contribution in [-0.4, -0.2) is 92.8 Å². The average molecular weight is 490 g/mol. The van der Waals surface area contributed by atoms with E-state index in [9.17, 15) is 0 Å². The Balaban J connectivity index is 0.000000196. The smallest absolute Gasteiger partial charge is 0.123 e.